The van der Waals surface area contributed by atoms with Crippen LogP contribution in [0.3, 0.4) is 0 Å². The highest BCUT2D eigenvalue weighted by molar-refractivity contribution is 5.74. The third-order valence-electron chi connectivity index (χ3n) is 3.59. The molecule has 0 unspecified atom stereocenters. The molecule has 88 valence electrons. The van der Waals surface area contributed by atoms with Gasteiger partial charge >= 0.3 is 0 Å². The molecule has 0 spiro atoms. The van der Waals surface area contributed by atoms with Gasteiger partial charge in [-0.3, -0.25) is 0 Å². The lowest BCUT2D eigenvalue weighted by molar-refractivity contribution is 1.28. The molecule has 0 saturated heterocycles. The van der Waals surface area contributed by atoms with Crippen molar-refractivity contribution in [1.82, 2.24) is 0 Å². The summed E-state index contributed by atoms with van der Waals surface area (Å²) in [4.78, 5) is 0. The molecular formula is C17H20. The second kappa shape index (κ2) is 4.37. The highest BCUT2D eigenvalue weighted by Gasteiger charge is 2.09. The fourth-order valence-electron chi connectivity index (χ4n) is 2.47. The number of rotatable bonds is 1. The van der Waals surface area contributed by atoms with Gasteiger partial charge in [-0.2, -0.15) is 0 Å². The first kappa shape index (κ1) is 11.9. The predicted octanol–water partition coefficient (Wildman–Crippen LogP) is 4.90. The van der Waals surface area contributed by atoms with Gasteiger partial charge in [-0.15, -0.1) is 0 Å². The maximum Gasteiger partial charge on any atom is -0.0123 e. The molecule has 17 heavy (non-hydrogen) atoms. The molecule has 2 aromatic carbocycles. The van der Waals surface area contributed by atoms with Crippen molar-refractivity contribution in [2.24, 2.45) is 0 Å². The molecule has 0 atom stereocenters. The lowest BCUT2D eigenvalue weighted by Gasteiger charge is -2.15. The lowest BCUT2D eigenvalue weighted by atomic mass is 9.90. The van der Waals surface area contributed by atoms with Gasteiger partial charge in [0, 0.05) is 0 Å². The molecule has 0 amide bonds. The summed E-state index contributed by atoms with van der Waals surface area (Å²) in [7, 11) is 0. The second-order valence-corrected chi connectivity index (χ2v) is 5.02. The monoisotopic (exact) mass is 224 g/mol. The standard InChI is InChI=1S/C17H20/c1-11-7-6-8-12(2)17(11)16-10-14(4)13(3)9-15(16)5/h6-10H,1-5H3. The molecule has 2 rings (SSSR count). The van der Waals surface area contributed by atoms with E-state index in [1.54, 1.807) is 0 Å². The minimum absolute atomic E-state index is 1.36. The summed E-state index contributed by atoms with van der Waals surface area (Å²) in [5, 5.41) is 0. The highest BCUT2D eigenvalue weighted by Crippen LogP contribution is 2.31. The zero-order valence-corrected chi connectivity index (χ0v) is 11.4. The molecule has 0 radical (unpaired) electrons. The Labute approximate surface area is 104 Å². The number of benzene rings is 2. The van der Waals surface area contributed by atoms with Crippen LogP contribution in [0.1, 0.15) is 27.8 Å². The molecular weight excluding hydrogens is 204 g/mol. The van der Waals surface area contributed by atoms with Crippen LogP contribution in [-0.2, 0) is 0 Å². The predicted molar refractivity (Wildman–Crippen MR) is 75.6 cm³/mol. The van der Waals surface area contributed by atoms with Crippen LogP contribution in [-0.4, -0.2) is 0 Å². The van der Waals surface area contributed by atoms with Gasteiger partial charge < -0.3 is 0 Å². The van der Waals surface area contributed by atoms with Gasteiger partial charge in [0.15, 0.2) is 0 Å². The van der Waals surface area contributed by atoms with E-state index in [-0.39, 0.29) is 0 Å². The van der Waals surface area contributed by atoms with E-state index in [9.17, 15) is 0 Å². The van der Waals surface area contributed by atoms with Gasteiger partial charge in [0.05, 0.1) is 0 Å². The summed E-state index contributed by atoms with van der Waals surface area (Å²) in [5.74, 6) is 0. The van der Waals surface area contributed by atoms with Gasteiger partial charge in [0.1, 0.15) is 0 Å². The maximum atomic E-state index is 2.32. The Kier molecular flexibility index (Phi) is 3.06. The normalized spacial score (nSPS) is 10.6. The molecule has 0 fully saturated rings. The van der Waals surface area contributed by atoms with Crippen molar-refractivity contribution in [3.63, 3.8) is 0 Å². The molecule has 0 aliphatic heterocycles. The molecule has 0 aliphatic rings. The second-order valence-electron chi connectivity index (χ2n) is 5.02. The molecule has 0 N–H and O–H groups in total. The summed E-state index contributed by atoms with van der Waals surface area (Å²) < 4.78 is 0. The maximum absolute atomic E-state index is 2.32. The fourth-order valence-corrected chi connectivity index (χ4v) is 2.47. The molecule has 0 heterocycles. The van der Waals surface area contributed by atoms with Gasteiger partial charge in [0.2, 0.25) is 0 Å². The zero-order chi connectivity index (χ0) is 12.6. The Balaban J connectivity index is 2.73. The SMILES string of the molecule is Cc1cc(C)c(-c2c(C)cccc2C)cc1C. The van der Waals surface area contributed by atoms with Crippen LogP contribution in [0.15, 0.2) is 30.3 Å². The average Bonchev–Trinajstić information content (AvgIpc) is 2.25. The Morgan fingerprint density at radius 3 is 1.71 bits per heavy atom. The van der Waals surface area contributed by atoms with E-state index in [1.807, 2.05) is 0 Å². The van der Waals surface area contributed by atoms with Crippen LogP contribution >= 0.6 is 0 Å². The molecule has 0 aliphatic carbocycles. The summed E-state index contributed by atoms with van der Waals surface area (Å²) >= 11 is 0. The number of hydrogen-bond acceptors (Lipinski definition) is 0. The van der Waals surface area contributed by atoms with Gasteiger partial charge in [-0.1, -0.05) is 30.3 Å². The van der Waals surface area contributed by atoms with Crippen molar-refractivity contribution < 1.29 is 0 Å². The number of hydrogen-bond donors (Lipinski definition) is 0. The summed E-state index contributed by atoms with van der Waals surface area (Å²) in [6.07, 6.45) is 0. The first-order chi connectivity index (χ1) is 8.00. The zero-order valence-electron chi connectivity index (χ0n) is 11.4. The minimum Gasteiger partial charge on any atom is -0.0617 e. The van der Waals surface area contributed by atoms with E-state index in [1.165, 1.54) is 38.9 Å². The topological polar surface area (TPSA) is 0 Å². The van der Waals surface area contributed by atoms with E-state index in [0.29, 0.717) is 0 Å². The number of aryl methyl sites for hydroxylation is 5. The first-order valence-corrected chi connectivity index (χ1v) is 6.15. The largest absolute Gasteiger partial charge is 0.0617 e. The third kappa shape index (κ3) is 2.12. The van der Waals surface area contributed by atoms with E-state index < -0.39 is 0 Å². The highest BCUT2D eigenvalue weighted by atomic mass is 14.1. The summed E-state index contributed by atoms with van der Waals surface area (Å²) in [6, 6.07) is 11.1. The van der Waals surface area contributed by atoms with Crippen LogP contribution in [0.25, 0.3) is 11.1 Å². The van der Waals surface area contributed by atoms with Crippen molar-refractivity contribution in [2.75, 3.05) is 0 Å². The van der Waals surface area contributed by atoms with Gasteiger partial charge in [-0.25, -0.2) is 0 Å². The lowest BCUT2D eigenvalue weighted by Crippen LogP contribution is -1.93. The van der Waals surface area contributed by atoms with Crippen molar-refractivity contribution in [3.8, 4) is 11.1 Å². The molecule has 0 heteroatoms. The molecule has 0 saturated carbocycles. The van der Waals surface area contributed by atoms with Crippen molar-refractivity contribution in [2.45, 2.75) is 34.6 Å². The van der Waals surface area contributed by atoms with Crippen LogP contribution in [0, 0.1) is 34.6 Å². The Morgan fingerprint density at radius 2 is 1.12 bits per heavy atom. The van der Waals surface area contributed by atoms with Crippen molar-refractivity contribution in [1.29, 1.82) is 0 Å². The van der Waals surface area contributed by atoms with Crippen molar-refractivity contribution in [3.05, 3.63) is 58.1 Å². The molecule has 0 bridgehead atoms. The van der Waals surface area contributed by atoms with E-state index in [0.717, 1.165) is 0 Å². The molecule has 2 aromatic rings. The Bertz CT molecular complexity index is 542. The van der Waals surface area contributed by atoms with Crippen LogP contribution in [0.4, 0.5) is 0 Å². The van der Waals surface area contributed by atoms with Crippen LogP contribution in [0.2, 0.25) is 0 Å². The quantitative estimate of drug-likeness (QED) is 0.646. The smallest absolute Gasteiger partial charge is 0.0123 e. The van der Waals surface area contributed by atoms with Crippen molar-refractivity contribution >= 4 is 0 Å². The summed E-state index contributed by atoms with van der Waals surface area (Å²) in [6.45, 7) is 10.9. The third-order valence-corrected chi connectivity index (χ3v) is 3.59. The van der Waals surface area contributed by atoms with Crippen LogP contribution in [0.5, 0.6) is 0 Å². The fraction of sp³-hybridized carbons (Fsp3) is 0.294. The van der Waals surface area contributed by atoms with Crippen LogP contribution < -0.4 is 0 Å². The molecule has 0 nitrogen and oxygen atoms in total. The Hall–Kier alpha value is -1.56. The van der Waals surface area contributed by atoms with Gasteiger partial charge in [-0.05, 0) is 73.6 Å². The average molecular weight is 224 g/mol. The van der Waals surface area contributed by atoms with E-state index >= 15 is 0 Å². The summed E-state index contributed by atoms with van der Waals surface area (Å²) in [5.41, 5.74) is 9.60. The Morgan fingerprint density at radius 1 is 0.588 bits per heavy atom. The molecule has 0 aromatic heterocycles. The van der Waals surface area contributed by atoms with E-state index in [4.69, 9.17) is 0 Å². The van der Waals surface area contributed by atoms with Gasteiger partial charge in [0.25, 0.3) is 0 Å². The van der Waals surface area contributed by atoms with E-state index in [2.05, 4.69) is 65.0 Å². The minimum atomic E-state index is 1.36. The first-order valence-electron chi connectivity index (χ1n) is 6.15.